The monoisotopic (exact) mass is 393 g/mol. The molecule has 0 radical (unpaired) electrons. The second-order valence-electron chi connectivity index (χ2n) is 6.71. The number of hydrogen-bond donors (Lipinski definition) is 0. The molecule has 2 rings (SSSR count). The van der Waals surface area contributed by atoms with E-state index in [-0.39, 0.29) is 26.6 Å². The molecule has 0 aromatic heterocycles. The van der Waals surface area contributed by atoms with E-state index in [0.29, 0.717) is 5.92 Å². The summed E-state index contributed by atoms with van der Waals surface area (Å²) in [6.45, 7) is 11.4. The molecule has 1 unspecified atom stereocenters. The second kappa shape index (κ2) is 6.95. The van der Waals surface area contributed by atoms with Gasteiger partial charge >= 0.3 is 140 Å². The molecule has 0 aliphatic carbocycles. The van der Waals surface area contributed by atoms with Crippen molar-refractivity contribution in [1.82, 2.24) is 0 Å². The van der Waals surface area contributed by atoms with Crippen LogP contribution in [0.3, 0.4) is 0 Å². The first-order chi connectivity index (χ1) is 9.90. The molecular weight excluding hydrogens is 367 g/mol. The maximum absolute atomic E-state index is 2.33. The fourth-order valence-corrected chi connectivity index (χ4v) is 4.39. The van der Waals surface area contributed by atoms with Gasteiger partial charge in [-0.2, -0.15) is 0 Å². The van der Waals surface area contributed by atoms with Crippen LogP contribution in [0.25, 0.3) is 0 Å². The van der Waals surface area contributed by atoms with Crippen LogP contribution in [-0.2, 0) is 5.41 Å². The Morgan fingerprint density at radius 2 is 1.33 bits per heavy atom. The molecule has 2 aromatic carbocycles. The van der Waals surface area contributed by atoms with E-state index in [1.807, 2.05) is 0 Å². The fourth-order valence-electron chi connectivity index (χ4n) is 2.23. The van der Waals surface area contributed by atoms with E-state index in [2.05, 4.69) is 83.1 Å². The average molecular weight is 393 g/mol. The Hall–Kier alpha value is -0.830. The van der Waals surface area contributed by atoms with Gasteiger partial charge in [-0.1, -0.05) is 0 Å². The molecule has 0 nitrogen and oxygen atoms in total. The summed E-state index contributed by atoms with van der Waals surface area (Å²) in [4.78, 5) is 0. The van der Waals surface area contributed by atoms with Crippen LogP contribution in [0.1, 0.15) is 58.1 Å². The second-order valence-corrected chi connectivity index (χ2v) is 9.74. The van der Waals surface area contributed by atoms with E-state index < -0.39 is 0 Å². The van der Waals surface area contributed by atoms with Crippen molar-refractivity contribution in [3.05, 3.63) is 66.8 Å². The quantitative estimate of drug-likeness (QED) is 0.701. The molecule has 1 atom stereocenters. The van der Waals surface area contributed by atoms with E-state index in [1.165, 1.54) is 24.7 Å². The van der Waals surface area contributed by atoms with Gasteiger partial charge in [0, 0.05) is 0 Å². The van der Waals surface area contributed by atoms with Gasteiger partial charge in [0.1, 0.15) is 0 Å². The summed E-state index contributed by atoms with van der Waals surface area (Å²) < 4.78 is 3.00. The molecule has 0 aliphatic rings. The first-order valence-corrected chi connectivity index (χ1v) is 9.91. The van der Waals surface area contributed by atoms with E-state index in [1.54, 1.807) is 0 Å². The molecule has 0 bridgehead atoms. The Labute approximate surface area is 140 Å². The van der Waals surface area contributed by atoms with E-state index in [0.717, 1.165) is 0 Å². The van der Waals surface area contributed by atoms with E-state index in [9.17, 15) is 0 Å². The van der Waals surface area contributed by atoms with Gasteiger partial charge in [-0.3, -0.25) is 0 Å². The van der Waals surface area contributed by atoms with Gasteiger partial charge in [-0.25, -0.2) is 0 Å². The standard InChI is InChI=1S/C20H26I/c1-6-15(2)16-7-11-18(12-8-16)21-19-13-9-17(10-14-19)20(3,4)5/h7-15H,6H2,1-5H3/q-1. The third-order valence-corrected chi connectivity index (χ3v) is 6.66. The number of benzene rings is 2. The van der Waals surface area contributed by atoms with Crippen molar-refractivity contribution < 1.29 is 21.2 Å². The minimum absolute atomic E-state index is 0.0579. The summed E-state index contributed by atoms with van der Waals surface area (Å²) in [5.41, 5.74) is 3.13. The Bertz CT molecular complexity index is 558. The van der Waals surface area contributed by atoms with Gasteiger partial charge in [-0.05, 0) is 0 Å². The third kappa shape index (κ3) is 4.57. The molecule has 0 N–H and O–H groups in total. The summed E-state index contributed by atoms with van der Waals surface area (Å²) in [6, 6.07) is 18.5. The Morgan fingerprint density at radius 1 is 0.857 bits per heavy atom. The maximum atomic E-state index is 2.33. The topological polar surface area (TPSA) is 0 Å². The van der Waals surface area contributed by atoms with Crippen LogP contribution in [0.2, 0.25) is 0 Å². The van der Waals surface area contributed by atoms with Crippen molar-refractivity contribution in [2.45, 2.75) is 52.4 Å². The molecule has 114 valence electrons. The number of rotatable bonds is 4. The molecule has 2 aromatic rings. The molecule has 0 spiro atoms. The Kier molecular flexibility index (Phi) is 5.48. The van der Waals surface area contributed by atoms with Gasteiger partial charge in [0.25, 0.3) is 0 Å². The van der Waals surface area contributed by atoms with Gasteiger partial charge in [0.2, 0.25) is 0 Å². The first kappa shape index (κ1) is 16.5. The molecular formula is C20H26I-. The average Bonchev–Trinajstić information content (AvgIpc) is 2.47. The van der Waals surface area contributed by atoms with Crippen molar-refractivity contribution in [2.75, 3.05) is 0 Å². The predicted octanol–water partition coefficient (Wildman–Crippen LogP) is 2.63. The van der Waals surface area contributed by atoms with Crippen molar-refractivity contribution >= 4 is 0 Å². The van der Waals surface area contributed by atoms with Crippen LogP contribution in [0, 0.1) is 7.14 Å². The zero-order valence-corrected chi connectivity index (χ0v) is 15.9. The zero-order chi connectivity index (χ0) is 15.5. The van der Waals surface area contributed by atoms with E-state index >= 15 is 0 Å². The van der Waals surface area contributed by atoms with Crippen molar-refractivity contribution in [3.8, 4) is 0 Å². The van der Waals surface area contributed by atoms with Crippen molar-refractivity contribution in [1.29, 1.82) is 0 Å². The summed E-state index contributed by atoms with van der Waals surface area (Å²) >= 11 is -0.0579. The van der Waals surface area contributed by atoms with Gasteiger partial charge < -0.3 is 0 Å². The van der Waals surface area contributed by atoms with Crippen molar-refractivity contribution in [3.63, 3.8) is 0 Å². The molecule has 0 amide bonds. The molecule has 1 heteroatoms. The van der Waals surface area contributed by atoms with Crippen LogP contribution < -0.4 is 21.2 Å². The molecule has 0 saturated heterocycles. The van der Waals surface area contributed by atoms with Crippen LogP contribution in [-0.4, -0.2) is 0 Å². The first-order valence-electron chi connectivity index (χ1n) is 7.75. The van der Waals surface area contributed by atoms with E-state index in [4.69, 9.17) is 0 Å². The fraction of sp³-hybridized carbons (Fsp3) is 0.400. The Morgan fingerprint density at radius 3 is 1.76 bits per heavy atom. The molecule has 0 aliphatic heterocycles. The van der Waals surface area contributed by atoms with Crippen LogP contribution in [0.15, 0.2) is 48.5 Å². The normalized spacial score (nSPS) is 13.4. The van der Waals surface area contributed by atoms with Gasteiger partial charge in [-0.15, -0.1) is 0 Å². The Balaban J connectivity index is 2.08. The SMILES string of the molecule is CCC(C)c1ccc([I-]c2ccc(C(C)(C)C)cc2)cc1. The molecule has 0 fully saturated rings. The molecule has 0 heterocycles. The zero-order valence-electron chi connectivity index (χ0n) is 13.8. The minimum atomic E-state index is -0.0579. The van der Waals surface area contributed by atoms with Crippen molar-refractivity contribution in [2.24, 2.45) is 0 Å². The summed E-state index contributed by atoms with van der Waals surface area (Å²) in [7, 11) is 0. The molecule has 0 saturated carbocycles. The molecule has 21 heavy (non-hydrogen) atoms. The number of hydrogen-bond acceptors (Lipinski definition) is 0. The van der Waals surface area contributed by atoms with Crippen LogP contribution in [0.4, 0.5) is 0 Å². The third-order valence-electron chi connectivity index (χ3n) is 3.98. The van der Waals surface area contributed by atoms with Gasteiger partial charge in [0.05, 0.1) is 0 Å². The summed E-state index contributed by atoms with van der Waals surface area (Å²) in [6.07, 6.45) is 1.21. The summed E-state index contributed by atoms with van der Waals surface area (Å²) in [5, 5.41) is 0. The summed E-state index contributed by atoms with van der Waals surface area (Å²) in [5.74, 6) is 0.670. The van der Waals surface area contributed by atoms with Crippen LogP contribution >= 0.6 is 0 Å². The van der Waals surface area contributed by atoms with Gasteiger partial charge in [0.15, 0.2) is 0 Å². The number of halogens is 1. The predicted molar refractivity (Wildman–Crippen MR) is 87.7 cm³/mol. The van der Waals surface area contributed by atoms with Crippen LogP contribution in [0.5, 0.6) is 0 Å².